The number of fused-ring (bicyclic) bond motifs is 1. The molecule has 2 saturated heterocycles. The van der Waals surface area contributed by atoms with Gasteiger partial charge in [-0.3, -0.25) is 0 Å². The molecule has 180 valence electrons. The molecule has 0 radical (unpaired) electrons. The Morgan fingerprint density at radius 2 is 2.06 bits per heavy atom. The summed E-state index contributed by atoms with van der Waals surface area (Å²) in [5.74, 6) is 1.01. The number of nitrogens with zero attached hydrogens (tertiary/aromatic N) is 3. The highest BCUT2D eigenvalue weighted by Gasteiger charge is 2.28. The molecule has 2 aliphatic rings. The van der Waals surface area contributed by atoms with E-state index in [2.05, 4.69) is 20.6 Å². The fraction of sp³-hybridized carbons (Fsp3) is 0.609. The summed E-state index contributed by atoms with van der Waals surface area (Å²) in [5, 5.41) is 7.95. The molecule has 2 aliphatic heterocycles. The van der Waals surface area contributed by atoms with Crippen molar-refractivity contribution in [3.8, 4) is 0 Å². The van der Waals surface area contributed by atoms with Crippen LogP contribution in [0.4, 0.5) is 25.2 Å². The second-order valence-electron chi connectivity index (χ2n) is 9.60. The monoisotopic (exact) mass is 463 g/mol. The summed E-state index contributed by atoms with van der Waals surface area (Å²) in [6.07, 6.45) is 1.10. The molecule has 2 aromatic rings. The number of piperidine rings is 1. The largest absolute Gasteiger partial charge is 0.444 e. The molecule has 0 bridgehead atoms. The first-order valence-corrected chi connectivity index (χ1v) is 11.4. The summed E-state index contributed by atoms with van der Waals surface area (Å²) < 4.78 is 37.7. The van der Waals surface area contributed by atoms with Crippen molar-refractivity contribution in [1.29, 1.82) is 0 Å². The van der Waals surface area contributed by atoms with Crippen LogP contribution in [0.2, 0.25) is 0 Å². The minimum atomic E-state index is -2.67. The molecule has 8 nitrogen and oxygen atoms in total. The van der Waals surface area contributed by atoms with Crippen LogP contribution in [0.25, 0.3) is 10.8 Å². The molecular formula is C23H31F2N5O3. The van der Waals surface area contributed by atoms with Gasteiger partial charge in [0.2, 0.25) is 0 Å². The van der Waals surface area contributed by atoms with Gasteiger partial charge in [-0.25, -0.2) is 23.5 Å². The normalized spacial score (nSPS) is 21.5. The maximum atomic E-state index is 13.4. The number of nitrogens with one attached hydrogen (secondary N) is 2. The van der Waals surface area contributed by atoms with Gasteiger partial charge in [0.1, 0.15) is 22.9 Å². The first-order valence-electron chi connectivity index (χ1n) is 11.4. The van der Waals surface area contributed by atoms with Crippen molar-refractivity contribution in [1.82, 2.24) is 14.9 Å². The van der Waals surface area contributed by atoms with E-state index in [1.807, 2.05) is 26.8 Å². The number of ether oxygens (including phenoxy) is 2. The van der Waals surface area contributed by atoms with Crippen LogP contribution in [0.3, 0.4) is 0 Å². The number of pyridine rings is 2. The Kier molecular flexibility index (Phi) is 6.83. The molecule has 0 aromatic carbocycles. The highest BCUT2D eigenvalue weighted by atomic mass is 19.3. The lowest BCUT2D eigenvalue weighted by atomic mass is 10.1. The zero-order valence-corrected chi connectivity index (χ0v) is 19.2. The number of aromatic nitrogens is 2. The molecule has 0 aliphatic carbocycles. The van der Waals surface area contributed by atoms with E-state index in [0.29, 0.717) is 48.7 Å². The number of amides is 1. The van der Waals surface area contributed by atoms with Gasteiger partial charge < -0.3 is 25.0 Å². The van der Waals surface area contributed by atoms with E-state index in [4.69, 9.17) is 9.47 Å². The lowest BCUT2D eigenvalue weighted by Crippen LogP contribution is -2.47. The smallest absolute Gasteiger partial charge is 0.410 e. The van der Waals surface area contributed by atoms with Crippen LogP contribution in [0.5, 0.6) is 0 Å². The summed E-state index contributed by atoms with van der Waals surface area (Å²) in [6.45, 7) is 7.84. The third kappa shape index (κ3) is 5.98. The van der Waals surface area contributed by atoms with Crippen molar-refractivity contribution in [2.45, 2.75) is 64.1 Å². The van der Waals surface area contributed by atoms with E-state index < -0.39 is 12.0 Å². The van der Waals surface area contributed by atoms with Crippen molar-refractivity contribution in [2.75, 3.05) is 36.9 Å². The van der Waals surface area contributed by atoms with Crippen LogP contribution in [0.15, 0.2) is 18.3 Å². The second-order valence-corrected chi connectivity index (χ2v) is 9.60. The average molecular weight is 464 g/mol. The Labute approximate surface area is 192 Å². The molecule has 1 amide bonds. The fourth-order valence-corrected chi connectivity index (χ4v) is 4.11. The number of carbonyl (C=O) groups excluding carboxylic acids is 1. The van der Waals surface area contributed by atoms with E-state index in [1.54, 1.807) is 11.1 Å². The molecular weight excluding hydrogens is 432 g/mol. The summed E-state index contributed by atoms with van der Waals surface area (Å²) in [5.41, 5.74) is -0.832. The number of anilines is 2. The van der Waals surface area contributed by atoms with E-state index in [0.717, 1.165) is 19.3 Å². The van der Waals surface area contributed by atoms with Crippen LogP contribution in [0.1, 0.15) is 52.2 Å². The van der Waals surface area contributed by atoms with Gasteiger partial charge in [0.25, 0.3) is 6.43 Å². The minimum absolute atomic E-state index is 0.00385. The molecule has 2 N–H and O–H groups in total. The van der Waals surface area contributed by atoms with E-state index >= 15 is 0 Å². The molecule has 0 saturated carbocycles. The summed E-state index contributed by atoms with van der Waals surface area (Å²) >= 11 is 0. The van der Waals surface area contributed by atoms with E-state index in [1.165, 1.54) is 6.07 Å². The van der Waals surface area contributed by atoms with Crippen molar-refractivity contribution in [2.24, 2.45) is 0 Å². The van der Waals surface area contributed by atoms with Crippen LogP contribution < -0.4 is 10.6 Å². The average Bonchev–Trinajstić information content (AvgIpc) is 3.26. The lowest BCUT2D eigenvalue weighted by molar-refractivity contribution is 0.0206. The molecule has 2 atom stereocenters. The topological polar surface area (TPSA) is 88.6 Å². The predicted octanol–water partition coefficient (Wildman–Crippen LogP) is 4.58. The van der Waals surface area contributed by atoms with Crippen molar-refractivity contribution in [3.63, 3.8) is 0 Å². The molecule has 0 spiro atoms. The van der Waals surface area contributed by atoms with Gasteiger partial charge in [-0.05, 0) is 52.2 Å². The van der Waals surface area contributed by atoms with Crippen LogP contribution in [0, 0.1) is 0 Å². The highest BCUT2D eigenvalue weighted by molar-refractivity contribution is 5.93. The van der Waals surface area contributed by atoms with Crippen molar-refractivity contribution in [3.05, 3.63) is 24.0 Å². The van der Waals surface area contributed by atoms with Gasteiger partial charge in [-0.2, -0.15) is 0 Å². The Hall–Kier alpha value is -2.75. The third-order valence-corrected chi connectivity index (χ3v) is 5.65. The zero-order chi connectivity index (χ0) is 23.6. The molecule has 10 heteroatoms. The molecule has 33 heavy (non-hydrogen) atoms. The van der Waals surface area contributed by atoms with Crippen LogP contribution in [-0.4, -0.2) is 64.9 Å². The summed E-state index contributed by atoms with van der Waals surface area (Å²) in [4.78, 5) is 22.8. The Morgan fingerprint density at radius 1 is 1.24 bits per heavy atom. The first kappa shape index (κ1) is 23.4. The number of hydrogen-bond acceptors (Lipinski definition) is 7. The standard InChI is InChI=1S/C23H31F2N5O3/c1-23(2,3)33-22(31)30-7-4-5-15(12-30)27-19-10-17-14(11-26-19)9-18(20(24)25)29-21(17)28-16-6-8-32-13-16/h9-11,15-16,20H,4-8,12-13H2,1-3H3,(H,26,27)(H,28,29). The first-order chi connectivity index (χ1) is 15.7. The van der Waals surface area contributed by atoms with Gasteiger partial charge >= 0.3 is 6.09 Å². The summed E-state index contributed by atoms with van der Waals surface area (Å²) in [7, 11) is 0. The molecule has 2 fully saturated rings. The number of carbonyl (C=O) groups is 1. The molecule has 2 unspecified atom stereocenters. The maximum Gasteiger partial charge on any atom is 0.410 e. The minimum Gasteiger partial charge on any atom is -0.444 e. The number of halogens is 2. The van der Waals surface area contributed by atoms with Gasteiger partial charge in [0.15, 0.2) is 0 Å². The molecule has 4 heterocycles. The van der Waals surface area contributed by atoms with E-state index in [9.17, 15) is 13.6 Å². The fourth-order valence-electron chi connectivity index (χ4n) is 4.11. The van der Waals surface area contributed by atoms with Crippen molar-refractivity contribution >= 4 is 28.5 Å². The number of rotatable bonds is 5. The zero-order valence-electron chi connectivity index (χ0n) is 19.2. The number of alkyl halides is 2. The Bertz CT molecular complexity index is 992. The Morgan fingerprint density at radius 3 is 2.76 bits per heavy atom. The predicted molar refractivity (Wildman–Crippen MR) is 122 cm³/mol. The number of likely N-dealkylation sites (tertiary alicyclic amines) is 1. The van der Waals surface area contributed by atoms with Crippen LogP contribution >= 0.6 is 0 Å². The third-order valence-electron chi connectivity index (χ3n) is 5.65. The van der Waals surface area contributed by atoms with Gasteiger partial charge in [-0.1, -0.05) is 0 Å². The highest BCUT2D eigenvalue weighted by Crippen LogP contribution is 2.30. The van der Waals surface area contributed by atoms with Gasteiger partial charge in [0, 0.05) is 42.7 Å². The Balaban J connectivity index is 1.53. The molecule has 4 rings (SSSR count). The maximum absolute atomic E-state index is 13.4. The lowest BCUT2D eigenvalue weighted by Gasteiger charge is -2.34. The van der Waals surface area contributed by atoms with Crippen LogP contribution in [-0.2, 0) is 9.47 Å². The van der Waals surface area contributed by atoms with E-state index in [-0.39, 0.29) is 23.9 Å². The SMILES string of the molecule is CC(C)(C)OC(=O)N1CCCC(Nc2cc3c(NC4CCOC4)nc(C(F)F)cc3cn2)C1. The molecule has 2 aromatic heterocycles. The summed E-state index contributed by atoms with van der Waals surface area (Å²) in [6, 6.07) is 3.23. The quantitative estimate of drug-likeness (QED) is 0.671. The second kappa shape index (κ2) is 9.62. The van der Waals surface area contributed by atoms with Gasteiger partial charge in [0.05, 0.1) is 12.6 Å². The number of hydrogen-bond donors (Lipinski definition) is 2. The van der Waals surface area contributed by atoms with Gasteiger partial charge in [-0.15, -0.1) is 0 Å². The van der Waals surface area contributed by atoms with Crippen molar-refractivity contribution < 1.29 is 23.0 Å².